The van der Waals surface area contributed by atoms with Crippen LogP contribution in [-0.4, -0.2) is 35.6 Å². The zero-order valence-corrected chi connectivity index (χ0v) is 20.5. The summed E-state index contributed by atoms with van der Waals surface area (Å²) in [6, 6.07) is 3.79. The van der Waals surface area contributed by atoms with Crippen LogP contribution in [0.4, 0.5) is 0 Å². The van der Waals surface area contributed by atoms with Gasteiger partial charge in [-0.2, -0.15) is 0 Å². The highest BCUT2D eigenvalue weighted by molar-refractivity contribution is 9.12. The monoisotopic (exact) mass is 491 g/mol. The Labute approximate surface area is 193 Å². The van der Waals surface area contributed by atoms with Crippen LogP contribution in [0.3, 0.4) is 0 Å². The molecule has 1 aliphatic carbocycles. The smallest absolute Gasteiger partial charge is 0.260 e. The van der Waals surface area contributed by atoms with Crippen molar-refractivity contribution in [1.29, 1.82) is 5.41 Å². The van der Waals surface area contributed by atoms with Crippen LogP contribution in [0.2, 0.25) is 0 Å². The number of pyridine rings is 1. The minimum Gasteiger partial charge on any atom is -0.380 e. The summed E-state index contributed by atoms with van der Waals surface area (Å²) in [7, 11) is 0. The van der Waals surface area contributed by atoms with Gasteiger partial charge in [0.2, 0.25) is 5.91 Å². The first-order chi connectivity index (χ1) is 14.6. The maximum atomic E-state index is 12.5. The molecule has 0 radical (unpaired) electrons. The van der Waals surface area contributed by atoms with Gasteiger partial charge in [-0.1, -0.05) is 34.6 Å². The second-order valence-corrected chi connectivity index (χ2v) is 9.84. The van der Waals surface area contributed by atoms with E-state index < -0.39 is 5.91 Å². The summed E-state index contributed by atoms with van der Waals surface area (Å²) in [5, 5.41) is 16.5. The molecule has 0 spiro atoms. The number of hydrogen-bond acceptors (Lipinski definition) is 5. The van der Waals surface area contributed by atoms with E-state index in [0.29, 0.717) is 30.0 Å². The molecule has 1 heterocycles. The quantitative estimate of drug-likeness (QED) is 0.330. The van der Waals surface area contributed by atoms with E-state index in [-0.39, 0.29) is 28.4 Å². The molecular weight excluding hydrogens is 458 g/mol. The van der Waals surface area contributed by atoms with Gasteiger partial charge < -0.3 is 21.4 Å². The number of carbonyl (C=O) groups is 2. The third kappa shape index (κ3) is 6.38. The fraction of sp³-hybridized carbons (Fsp3) is 0.565. The molecule has 1 aromatic rings. The maximum Gasteiger partial charge on any atom is 0.260 e. The van der Waals surface area contributed by atoms with Crippen LogP contribution in [0, 0.1) is 28.6 Å². The van der Waals surface area contributed by atoms with Crippen LogP contribution in [0.25, 0.3) is 0 Å². The lowest BCUT2D eigenvalue weighted by atomic mass is 9.58. The number of aromatic nitrogens is 1. The van der Waals surface area contributed by atoms with E-state index in [9.17, 15) is 9.59 Å². The number of rotatable bonds is 8. The molecular formula is C23H34BrN5O2. The average molecular weight is 492 g/mol. The molecule has 1 saturated carbocycles. The molecule has 170 valence electrons. The fourth-order valence-corrected chi connectivity index (χ4v) is 4.43. The van der Waals surface area contributed by atoms with Crippen molar-refractivity contribution in [3.05, 3.63) is 40.3 Å². The minimum atomic E-state index is -0.435. The van der Waals surface area contributed by atoms with Gasteiger partial charge in [0.05, 0.1) is 12.2 Å². The van der Waals surface area contributed by atoms with E-state index in [0.717, 1.165) is 18.2 Å². The summed E-state index contributed by atoms with van der Waals surface area (Å²) in [5.74, 6) is 0.677. The van der Waals surface area contributed by atoms with E-state index in [1.807, 2.05) is 12.1 Å². The molecule has 0 bridgehead atoms. The SMILES string of the molecule is C[C@H]1[C@@H](N/C(C=N)=C(\Br)C(=O)NCC(=O)NCc2ccncc2)C[C@H](C)C(C)(C)[C@@H]1C. The first-order valence-electron chi connectivity index (χ1n) is 10.7. The van der Waals surface area contributed by atoms with Crippen molar-refractivity contribution in [1.82, 2.24) is 20.9 Å². The van der Waals surface area contributed by atoms with Crippen LogP contribution in [0.15, 0.2) is 34.7 Å². The van der Waals surface area contributed by atoms with Crippen molar-refractivity contribution in [3.8, 4) is 0 Å². The number of carbonyl (C=O) groups excluding carboxylic acids is 2. The van der Waals surface area contributed by atoms with Crippen LogP contribution >= 0.6 is 15.9 Å². The molecule has 7 nitrogen and oxygen atoms in total. The van der Waals surface area contributed by atoms with E-state index in [1.54, 1.807) is 12.4 Å². The summed E-state index contributed by atoms with van der Waals surface area (Å²) in [5.41, 5.74) is 1.59. The number of allylic oxidation sites excluding steroid dienone is 1. The average Bonchev–Trinajstić information content (AvgIpc) is 2.76. The third-order valence-electron chi connectivity index (χ3n) is 7.04. The van der Waals surface area contributed by atoms with Gasteiger partial charge in [-0.25, -0.2) is 0 Å². The Morgan fingerprint density at radius 3 is 2.48 bits per heavy atom. The Morgan fingerprint density at radius 2 is 1.87 bits per heavy atom. The second kappa shape index (κ2) is 10.9. The molecule has 1 fully saturated rings. The Hall–Kier alpha value is -2.22. The molecule has 31 heavy (non-hydrogen) atoms. The molecule has 4 N–H and O–H groups in total. The van der Waals surface area contributed by atoms with Crippen LogP contribution in [-0.2, 0) is 16.1 Å². The standard InChI is InChI=1S/C23H34BrN5O2/c1-14-10-18(15(2)16(3)23(14,4)5)29-19(11-25)21(24)22(31)28-13-20(30)27-12-17-6-8-26-9-7-17/h6-9,11,14-16,18,25,29H,10,12-13H2,1-5H3,(H,27,30)(H,28,31)/b21-19-,25-11?/t14-,15+,16+,18-/m0/s1. The zero-order chi connectivity index (χ0) is 23.2. The third-order valence-corrected chi connectivity index (χ3v) is 7.83. The minimum absolute atomic E-state index is 0.146. The topological polar surface area (TPSA) is 107 Å². The van der Waals surface area contributed by atoms with Crippen LogP contribution < -0.4 is 16.0 Å². The molecule has 1 aliphatic rings. The lowest BCUT2D eigenvalue weighted by Gasteiger charge is -2.50. The predicted octanol–water partition coefficient (Wildman–Crippen LogP) is 3.37. The molecule has 2 rings (SSSR count). The Bertz CT molecular complexity index is 825. The first-order valence-corrected chi connectivity index (χ1v) is 11.5. The van der Waals surface area contributed by atoms with E-state index in [4.69, 9.17) is 5.41 Å². The van der Waals surface area contributed by atoms with Gasteiger partial charge in [0.25, 0.3) is 5.91 Å². The summed E-state index contributed by atoms with van der Waals surface area (Å²) in [4.78, 5) is 28.5. The number of nitrogens with zero attached hydrogens (tertiary/aromatic N) is 1. The molecule has 0 aromatic carbocycles. The van der Waals surface area contributed by atoms with Crippen molar-refractivity contribution in [2.45, 2.75) is 53.6 Å². The van der Waals surface area contributed by atoms with Crippen LogP contribution in [0.5, 0.6) is 0 Å². The van der Waals surface area contributed by atoms with Gasteiger partial charge in [0.1, 0.15) is 4.48 Å². The van der Waals surface area contributed by atoms with Crippen molar-refractivity contribution in [3.63, 3.8) is 0 Å². The Kier molecular flexibility index (Phi) is 8.79. The number of hydrogen-bond donors (Lipinski definition) is 4. The van der Waals surface area contributed by atoms with Gasteiger partial charge in [0.15, 0.2) is 0 Å². The number of halogens is 1. The Morgan fingerprint density at radius 1 is 1.23 bits per heavy atom. The largest absolute Gasteiger partial charge is 0.380 e. The van der Waals surface area contributed by atoms with Crippen molar-refractivity contribution in [2.24, 2.45) is 23.2 Å². The molecule has 0 unspecified atom stereocenters. The predicted molar refractivity (Wildman–Crippen MR) is 127 cm³/mol. The molecule has 0 aliphatic heterocycles. The van der Waals surface area contributed by atoms with Crippen LogP contribution in [0.1, 0.15) is 46.6 Å². The normalized spacial score (nSPS) is 25.7. The molecule has 4 atom stereocenters. The summed E-state index contributed by atoms with van der Waals surface area (Å²) >= 11 is 3.31. The summed E-state index contributed by atoms with van der Waals surface area (Å²) < 4.78 is 0.224. The van der Waals surface area contributed by atoms with E-state index in [1.165, 1.54) is 0 Å². The van der Waals surface area contributed by atoms with Gasteiger partial charge >= 0.3 is 0 Å². The van der Waals surface area contributed by atoms with Gasteiger partial charge in [-0.15, -0.1) is 0 Å². The number of amides is 2. The highest BCUT2D eigenvalue weighted by Crippen LogP contribution is 2.47. The van der Waals surface area contributed by atoms with Crippen molar-refractivity contribution < 1.29 is 9.59 Å². The van der Waals surface area contributed by atoms with E-state index in [2.05, 4.69) is 71.5 Å². The van der Waals surface area contributed by atoms with Gasteiger partial charge in [-0.3, -0.25) is 14.6 Å². The van der Waals surface area contributed by atoms with E-state index >= 15 is 0 Å². The lowest BCUT2D eigenvalue weighted by molar-refractivity contribution is -0.124. The zero-order valence-electron chi connectivity index (χ0n) is 19.0. The first kappa shape index (κ1) is 25.0. The molecule has 1 aromatic heterocycles. The number of nitrogens with one attached hydrogen (secondary N) is 4. The molecule has 8 heteroatoms. The molecule has 2 amide bonds. The lowest BCUT2D eigenvalue weighted by Crippen LogP contribution is -2.50. The highest BCUT2D eigenvalue weighted by atomic mass is 79.9. The van der Waals surface area contributed by atoms with Crippen molar-refractivity contribution >= 4 is 34.0 Å². The molecule has 0 saturated heterocycles. The van der Waals surface area contributed by atoms with Gasteiger partial charge in [-0.05, 0) is 63.2 Å². The summed E-state index contributed by atoms with van der Waals surface area (Å²) in [6.45, 7) is 11.6. The maximum absolute atomic E-state index is 12.5. The fourth-order valence-electron chi connectivity index (χ4n) is 4.06. The second-order valence-electron chi connectivity index (χ2n) is 9.04. The highest BCUT2D eigenvalue weighted by Gasteiger charge is 2.43. The van der Waals surface area contributed by atoms with Gasteiger partial charge in [0, 0.05) is 31.2 Å². The van der Waals surface area contributed by atoms with Crippen molar-refractivity contribution in [2.75, 3.05) is 6.54 Å². The summed E-state index contributed by atoms with van der Waals surface area (Å²) in [6.07, 6.45) is 5.43. The Balaban J connectivity index is 1.94.